The predicted molar refractivity (Wildman–Crippen MR) is 80.0 cm³/mol. The summed E-state index contributed by atoms with van der Waals surface area (Å²) in [6, 6.07) is 0.973. The minimum Gasteiger partial charge on any atom is -0.469 e. The molecule has 0 heterocycles. The Morgan fingerprint density at radius 3 is 2.25 bits per heavy atom. The van der Waals surface area contributed by atoms with Gasteiger partial charge in [-0.25, -0.2) is 0 Å². The number of hydrogen-bond donors (Lipinski definition) is 0. The standard InChI is InChI=1S/C14H28O5Si/c1-5-6-11-19-20(3,4)12-7-10-18-14(16)9-8-13(15)17-2/h5-12H2,1-4H3. The van der Waals surface area contributed by atoms with E-state index in [1.54, 1.807) is 0 Å². The van der Waals surface area contributed by atoms with Crippen molar-refractivity contribution in [2.24, 2.45) is 0 Å². The minimum absolute atomic E-state index is 0.0791. The van der Waals surface area contributed by atoms with Crippen molar-refractivity contribution in [2.75, 3.05) is 20.3 Å². The third-order valence-electron chi connectivity index (χ3n) is 2.94. The van der Waals surface area contributed by atoms with E-state index >= 15 is 0 Å². The van der Waals surface area contributed by atoms with Crippen LogP contribution in [0, 0.1) is 0 Å². The van der Waals surface area contributed by atoms with E-state index in [9.17, 15) is 9.59 Å². The lowest BCUT2D eigenvalue weighted by molar-refractivity contribution is -0.148. The topological polar surface area (TPSA) is 61.8 Å². The molecule has 0 aromatic carbocycles. The third-order valence-corrected chi connectivity index (χ3v) is 5.48. The first-order valence-electron chi connectivity index (χ1n) is 7.27. The lowest BCUT2D eigenvalue weighted by Crippen LogP contribution is -2.31. The minimum atomic E-state index is -1.62. The van der Waals surface area contributed by atoms with E-state index in [-0.39, 0.29) is 24.8 Å². The summed E-state index contributed by atoms with van der Waals surface area (Å²) in [6.07, 6.45) is 3.22. The number of carbonyl (C=O) groups excluding carboxylic acids is 2. The highest BCUT2D eigenvalue weighted by Crippen LogP contribution is 2.14. The summed E-state index contributed by atoms with van der Waals surface area (Å²) >= 11 is 0. The first kappa shape index (κ1) is 19.1. The van der Waals surface area contributed by atoms with Crippen molar-refractivity contribution >= 4 is 20.3 Å². The van der Waals surface area contributed by atoms with E-state index in [0.29, 0.717) is 6.61 Å². The molecule has 0 N–H and O–H groups in total. The molecule has 0 amide bonds. The van der Waals surface area contributed by atoms with E-state index in [2.05, 4.69) is 24.8 Å². The normalized spacial score (nSPS) is 11.2. The Hall–Kier alpha value is -0.883. The van der Waals surface area contributed by atoms with Crippen molar-refractivity contribution in [3.05, 3.63) is 0 Å². The SMILES string of the molecule is CCCCO[Si](C)(C)CCCOC(=O)CCC(=O)OC. The van der Waals surface area contributed by atoms with Crippen LogP contribution in [0.3, 0.4) is 0 Å². The molecule has 0 aromatic rings. The summed E-state index contributed by atoms with van der Waals surface area (Å²) in [6.45, 7) is 7.73. The summed E-state index contributed by atoms with van der Waals surface area (Å²) in [7, 11) is -0.316. The molecule has 0 bridgehead atoms. The fraction of sp³-hybridized carbons (Fsp3) is 0.857. The summed E-state index contributed by atoms with van der Waals surface area (Å²) in [5.41, 5.74) is 0. The molecule has 20 heavy (non-hydrogen) atoms. The van der Waals surface area contributed by atoms with Gasteiger partial charge in [-0.3, -0.25) is 9.59 Å². The number of unbranched alkanes of at least 4 members (excludes halogenated alkanes) is 1. The van der Waals surface area contributed by atoms with E-state index in [0.717, 1.165) is 31.9 Å². The summed E-state index contributed by atoms with van der Waals surface area (Å²) < 4.78 is 15.4. The van der Waals surface area contributed by atoms with E-state index in [4.69, 9.17) is 9.16 Å². The maximum absolute atomic E-state index is 11.3. The largest absolute Gasteiger partial charge is 0.469 e. The molecule has 0 aliphatic rings. The fourth-order valence-electron chi connectivity index (χ4n) is 1.63. The van der Waals surface area contributed by atoms with Gasteiger partial charge in [-0.15, -0.1) is 0 Å². The number of esters is 2. The first-order chi connectivity index (χ1) is 9.41. The van der Waals surface area contributed by atoms with E-state index < -0.39 is 8.32 Å². The van der Waals surface area contributed by atoms with Crippen LogP contribution in [0.1, 0.15) is 39.0 Å². The molecule has 6 heteroatoms. The first-order valence-corrected chi connectivity index (χ1v) is 10.4. The number of hydrogen-bond acceptors (Lipinski definition) is 5. The van der Waals surface area contributed by atoms with Crippen molar-refractivity contribution in [3.63, 3.8) is 0 Å². The Morgan fingerprint density at radius 2 is 1.65 bits per heavy atom. The van der Waals surface area contributed by atoms with Crippen molar-refractivity contribution in [3.8, 4) is 0 Å². The molecule has 0 aliphatic carbocycles. The zero-order chi connectivity index (χ0) is 15.4. The van der Waals surface area contributed by atoms with Crippen LogP contribution in [0.2, 0.25) is 19.1 Å². The van der Waals surface area contributed by atoms with Gasteiger partial charge in [-0.2, -0.15) is 0 Å². The van der Waals surface area contributed by atoms with E-state index in [1.807, 2.05) is 0 Å². The van der Waals surface area contributed by atoms with Crippen LogP contribution in [-0.4, -0.2) is 40.6 Å². The Balaban J connectivity index is 3.63. The smallest absolute Gasteiger partial charge is 0.306 e. The van der Waals surface area contributed by atoms with Gasteiger partial charge < -0.3 is 13.9 Å². The van der Waals surface area contributed by atoms with Crippen LogP contribution >= 0.6 is 0 Å². The Labute approximate surface area is 123 Å². The molecule has 0 rings (SSSR count). The maximum atomic E-state index is 11.3. The van der Waals surface area contributed by atoms with Gasteiger partial charge in [-0.05, 0) is 32.0 Å². The highest BCUT2D eigenvalue weighted by molar-refractivity contribution is 6.71. The molecule has 0 radical (unpaired) electrons. The molecule has 0 aliphatic heterocycles. The van der Waals surface area contributed by atoms with Crippen LogP contribution in [-0.2, 0) is 23.5 Å². The number of methoxy groups -OCH3 is 1. The van der Waals surface area contributed by atoms with Crippen LogP contribution in [0.15, 0.2) is 0 Å². The van der Waals surface area contributed by atoms with Gasteiger partial charge >= 0.3 is 11.9 Å². The number of carbonyl (C=O) groups is 2. The molecule has 0 spiro atoms. The van der Waals surface area contributed by atoms with Gasteiger partial charge in [0.25, 0.3) is 0 Å². The lowest BCUT2D eigenvalue weighted by Gasteiger charge is -2.22. The monoisotopic (exact) mass is 304 g/mol. The molecular formula is C14H28O5Si. The second kappa shape index (κ2) is 10.9. The van der Waals surface area contributed by atoms with Crippen LogP contribution in [0.5, 0.6) is 0 Å². The van der Waals surface area contributed by atoms with E-state index in [1.165, 1.54) is 7.11 Å². The van der Waals surface area contributed by atoms with Gasteiger partial charge in [0.2, 0.25) is 0 Å². The van der Waals surface area contributed by atoms with Gasteiger partial charge in [0.15, 0.2) is 8.32 Å². The molecule has 0 saturated heterocycles. The van der Waals surface area contributed by atoms with Crippen LogP contribution in [0.4, 0.5) is 0 Å². The Kier molecular flexibility index (Phi) is 10.4. The van der Waals surface area contributed by atoms with Crippen molar-refractivity contribution < 1.29 is 23.5 Å². The van der Waals surface area contributed by atoms with Crippen molar-refractivity contribution in [1.29, 1.82) is 0 Å². The Morgan fingerprint density at radius 1 is 1.00 bits per heavy atom. The molecule has 0 atom stereocenters. The highest BCUT2D eigenvalue weighted by Gasteiger charge is 2.21. The number of ether oxygens (including phenoxy) is 2. The summed E-state index contributed by atoms with van der Waals surface area (Å²) in [4.78, 5) is 22.2. The zero-order valence-electron chi connectivity index (χ0n) is 13.2. The second-order valence-corrected chi connectivity index (χ2v) is 9.67. The highest BCUT2D eigenvalue weighted by atomic mass is 28.4. The second-order valence-electron chi connectivity index (χ2n) is 5.36. The summed E-state index contributed by atoms with van der Waals surface area (Å²) in [5, 5.41) is 0. The van der Waals surface area contributed by atoms with Gasteiger partial charge in [0.1, 0.15) is 0 Å². The number of rotatable bonds is 11. The van der Waals surface area contributed by atoms with Crippen LogP contribution < -0.4 is 0 Å². The van der Waals surface area contributed by atoms with Crippen molar-refractivity contribution in [2.45, 2.75) is 58.2 Å². The Bertz CT molecular complexity index is 291. The van der Waals surface area contributed by atoms with Gasteiger partial charge in [0, 0.05) is 6.61 Å². The average molecular weight is 304 g/mol. The van der Waals surface area contributed by atoms with Gasteiger partial charge in [0.05, 0.1) is 26.6 Å². The third kappa shape index (κ3) is 11.0. The molecule has 0 fully saturated rings. The lowest BCUT2D eigenvalue weighted by atomic mass is 10.3. The predicted octanol–water partition coefficient (Wildman–Crippen LogP) is 2.89. The molecule has 5 nitrogen and oxygen atoms in total. The fourth-order valence-corrected chi connectivity index (χ4v) is 3.46. The summed E-state index contributed by atoms with van der Waals surface area (Å²) in [5.74, 6) is -0.735. The van der Waals surface area contributed by atoms with Gasteiger partial charge in [-0.1, -0.05) is 13.3 Å². The average Bonchev–Trinajstić information content (AvgIpc) is 2.41. The quantitative estimate of drug-likeness (QED) is 0.334. The molecule has 0 unspecified atom stereocenters. The molecule has 118 valence electrons. The molecule has 0 aromatic heterocycles. The maximum Gasteiger partial charge on any atom is 0.306 e. The molecular weight excluding hydrogens is 276 g/mol. The molecule has 0 saturated carbocycles. The zero-order valence-corrected chi connectivity index (χ0v) is 14.2. The van der Waals surface area contributed by atoms with Crippen LogP contribution in [0.25, 0.3) is 0 Å². The van der Waals surface area contributed by atoms with Crippen molar-refractivity contribution in [1.82, 2.24) is 0 Å².